The molecule has 2 rings (SSSR count). The van der Waals surface area contributed by atoms with E-state index in [1.54, 1.807) is 37.3 Å². The van der Waals surface area contributed by atoms with Crippen molar-refractivity contribution < 1.29 is 9.90 Å². The van der Waals surface area contributed by atoms with E-state index in [0.29, 0.717) is 15.7 Å². The van der Waals surface area contributed by atoms with Crippen LogP contribution in [0.15, 0.2) is 48.5 Å². The molecule has 0 radical (unpaired) electrons. The lowest BCUT2D eigenvalue weighted by atomic mass is 10.0. The van der Waals surface area contributed by atoms with Crippen molar-refractivity contribution in [2.75, 3.05) is 5.32 Å². The Kier molecular flexibility index (Phi) is 5.66. The van der Waals surface area contributed by atoms with Gasteiger partial charge in [0.15, 0.2) is 0 Å². The van der Waals surface area contributed by atoms with Gasteiger partial charge in [-0.1, -0.05) is 53.5 Å². The summed E-state index contributed by atoms with van der Waals surface area (Å²) in [7, 11) is 0. The Morgan fingerprint density at radius 1 is 1.09 bits per heavy atom. The van der Waals surface area contributed by atoms with Crippen LogP contribution in [0, 0.1) is 0 Å². The first-order valence-electron chi connectivity index (χ1n) is 6.73. The number of carbonyl (C=O) groups is 1. The van der Waals surface area contributed by atoms with Gasteiger partial charge in [-0.25, -0.2) is 4.79 Å². The number of benzene rings is 2. The summed E-state index contributed by atoms with van der Waals surface area (Å²) in [4.78, 5) is 11.9. The molecule has 0 fully saturated rings. The minimum absolute atomic E-state index is 0.358. The van der Waals surface area contributed by atoms with Crippen molar-refractivity contribution in [1.82, 2.24) is 5.32 Å². The van der Waals surface area contributed by atoms with Gasteiger partial charge in [0.1, 0.15) is 0 Å². The minimum Gasteiger partial charge on any atom is -0.386 e. The summed E-state index contributed by atoms with van der Waals surface area (Å²) in [6.45, 7) is 1.73. The Morgan fingerprint density at radius 2 is 1.77 bits per heavy atom. The Bertz CT molecular complexity index is 650. The average Bonchev–Trinajstić information content (AvgIpc) is 2.51. The summed E-state index contributed by atoms with van der Waals surface area (Å²) in [5.41, 5.74) is 1.26. The standard InChI is InChI=1S/C16H16Cl2N2O2/c1-10(15(21)11-5-3-2-4-6-11)19-16(22)20-12-7-8-13(17)14(18)9-12/h2-10,15,21H,1H3,(H2,19,20,22)/t10-,15+/m0/s1. The van der Waals surface area contributed by atoms with Crippen molar-refractivity contribution in [2.45, 2.75) is 19.1 Å². The number of aliphatic hydroxyl groups is 1. The fourth-order valence-electron chi connectivity index (χ4n) is 1.97. The quantitative estimate of drug-likeness (QED) is 0.780. The van der Waals surface area contributed by atoms with Gasteiger partial charge in [0, 0.05) is 5.69 Å². The summed E-state index contributed by atoms with van der Waals surface area (Å²) in [6, 6.07) is 13.1. The van der Waals surface area contributed by atoms with Gasteiger partial charge < -0.3 is 15.7 Å². The van der Waals surface area contributed by atoms with Crippen LogP contribution in [0.4, 0.5) is 10.5 Å². The molecule has 2 amide bonds. The number of urea groups is 1. The Hall–Kier alpha value is -1.75. The molecule has 2 aromatic carbocycles. The molecule has 0 saturated heterocycles. The number of anilines is 1. The van der Waals surface area contributed by atoms with E-state index >= 15 is 0 Å². The molecule has 3 N–H and O–H groups in total. The third-order valence-electron chi connectivity index (χ3n) is 3.15. The fourth-order valence-corrected chi connectivity index (χ4v) is 2.26. The first kappa shape index (κ1) is 16.6. The molecule has 2 aromatic rings. The molecule has 0 saturated carbocycles. The van der Waals surface area contributed by atoms with Gasteiger partial charge in [0.05, 0.1) is 22.2 Å². The topological polar surface area (TPSA) is 61.4 Å². The predicted molar refractivity (Wildman–Crippen MR) is 89.5 cm³/mol. The molecule has 4 nitrogen and oxygen atoms in total. The number of rotatable bonds is 4. The molecule has 0 bridgehead atoms. The first-order valence-corrected chi connectivity index (χ1v) is 7.48. The molecule has 0 unspecified atom stereocenters. The number of hydrogen-bond acceptors (Lipinski definition) is 2. The van der Waals surface area contributed by atoms with E-state index < -0.39 is 18.2 Å². The number of nitrogens with one attached hydrogen (secondary N) is 2. The first-order chi connectivity index (χ1) is 10.5. The number of halogens is 2. The molecular formula is C16H16Cl2N2O2. The third kappa shape index (κ3) is 4.37. The van der Waals surface area contributed by atoms with E-state index in [9.17, 15) is 9.90 Å². The predicted octanol–water partition coefficient (Wildman–Crippen LogP) is 4.24. The highest BCUT2D eigenvalue weighted by Crippen LogP contribution is 2.25. The zero-order chi connectivity index (χ0) is 16.1. The van der Waals surface area contributed by atoms with Crippen LogP contribution < -0.4 is 10.6 Å². The maximum absolute atomic E-state index is 11.9. The molecule has 0 aromatic heterocycles. The summed E-state index contributed by atoms with van der Waals surface area (Å²) >= 11 is 11.7. The van der Waals surface area contributed by atoms with Crippen molar-refractivity contribution in [1.29, 1.82) is 0 Å². The highest BCUT2D eigenvalue weighted by atomic mass is 35.5. The summed E-state index contributed by atoms with van der Waals surface area (Å²) in [6.07, 6.45) is -0.791. The Morgan fingerprint density at radius 3 is 2.41 bits per heavy atom. The van der Waals surface area contributed by atoms with Gasteiger partial charge in [-0.05, 0) is 30.7 Å². The normalized spacial score (nSPS) is 13.3. The van der Waals surface area contributed by atoms with E-state index in [1.807, 2.05) is 18.2 Å². The van der Waals surface area contributed by atoms with Crippen molar-refractivity contribution in [3.05, 3.63) is 64.1 Å². The van der Waals surface area contributed by atoms with Gasteiger partial charge in [0.25, 0.3) is 0 Å². The number of hydrogen-bond donors (Lipinski definition) is 3. The molecule has 2 atom stereocenters. The fraction of sp³-hybridized carbons (Fsp3) is 0.188. The molecule has 0 aliphatic heterocycles. The smallest absolute Gasteiger partial charge is 0.319 e. The van der Waals surface area contributed by atoms with Crippen molar-refractivity contribution in [3.63, 3.8) is 0 Å². The maximum atomic E-state index is 11.9. The van der Waals surface area contributed by atoms with Crippen LogP contribution in [-0.4, -0.2) is 17.2 Å². The second-order valence-electron chi connectivity index (χ2n) is 4.87. The summed E-state index contributed by atoms with van der Waals surface area (Å²) < 4.78 is 0. The van der Waals surface area contributed by atoms with Crippen molar-refractivity contribution >= 4 is 34.9 Å². The number of aliphatic hydroxyl groups excluding tert-OH is 1. The van der Waals surface area contributed by atoms with E-state index in [2.05, 4.69) is 10.6 Å². The molecule has 22 heavy (non-hydrogen) atoms. The second kappa shape index (κ2) is 7.49. The van der Waals surface area contributed by atoms with Crippen LogP contribution in [-0.2, 0) is 0 Å². The Labute approximate surface area is 139 Å². The largest absolute Gasteiger partial charge is 0.386 e. The van der Waals surface area contributed by atoms with Crippen LogP contribution in [0.25, 0.3) is 0 Å². The zero-order valence-corrected chi connectivity index (χ0v) is 13.4. The lowest BCUT2D eigenvalue weighted by Crippen LogP contribution is -2.39. The molecule has 0 aliphatic carbocycles. The van der Waals surface area contributed by atoms with Gasteiger partial charge in [-0.15, -0.1) is 0 Å². The van der Waals surface area contributed by atoms with Crippen LogP contribution in [0.1, 0.15) is 18.6 Å². The molecule has 0 spiro atoms. The highest BCUT2D eigenvalue weighted by molar-refractivity contribution is 6.42. The minimum atomic E-state index is -0.791. The number of amides is 2. The van der Waals surface area contributed by atoms with E-state index in [4.69, 9.17) is 23.2 Å². The molecular weight excluding hydrogens is 323 g/mol. The van der Waals surface area contributed by atoms with E-state index in [1.165, 1.54) is 0 Å². The maximum Gasteiger partial charge on any atom is 0.319 e. The van der Waals surface area contributed by atoms with Gasteiger partial charge >= 0.3 is 6.03 Å². The zero-order valence-electron chi connectivity index (χ0n) is 11.9. The van der Waals surface area contributed by atoms with Gasteiger partial charge in [0.2, 0.25) is 0 Å². The lowest BCUT2D eigenvalue weighted by Gasteiger charge is -2.21. The van der Waals surface area contributed by atoms with Crippen molar-refractivity contribution in [2.24, 2.45) is 0 Å². The molecule has 116 valence electrons. The van der Waals surface area contributed by atoms with Gasteiger partial charge in [-0.2, -0.15) is 0 Å². The SMILES string of the molecule is C[C@H](NC(=O)Nc1ccc(Cl)c(Cl)c1)[C@@H](O)c1ccccc1. The van der Waals surface area contributed by atoms with E-state index in [0.717, 1.165) is 5.56 Å². The summed E-state index contributed by atoms with van der Waals surface area (Å²) in [5, 5.41) is 16.3. The molecule has 0 heterocycles. The number of carbonyl (C=O) groups excluding carboxylic acids is 1. The summed E-state index contributed by atoms with van der Waals surface area (Å²) in [5.74, 6) is 0. The van der Waals surface area contributed by atoms with Crippen LogP contribution in [0.5, 0.6) is 0 Å². The second-order valence-corrected chi connectivity index (χ2v) is 5.69. The molecule has 6 heteroatoms. The van der Waals surface area contributed by atoms with Gasteiger partial charge in [-0.3, -0.25) is 0 Å². The highest BCUT2D eigenvalue weighted by Gasteiger charge is 2.18. The molecule has 0 aliphatic rings. The van der Waals surface area contributed by atoms with Crippen molar-refractivity contribution in [3.8, 4) is 0 Å². The van der Waals surface area contributed by atoms with Crippen LogP contribution in [0.3, 0.4) is 0 Å². The van der Waals surface area contributed by atoms with Crippen LogP contribution in [0.2, 0.25) is 10.0 Å². The third-order valence-corrected chi connectivity index (χ3v) is 3.89. The van der Waals surface area contributed by atoms with E-state index in [-0.39, 0.29) is 0 Å². The lowest BCUT2D eigenvalue weighted by molar-refractivity contribution is 0.139. The Balaban J connectivity index is 1.95. The monoisotopic (exact) mass is 338 g/mol. The van der Waals surface area contributed by atoms with Crippen LogP contribution >= 0.6 is 23.2 Å². The average molecular weight is 339 g/mol.